The molecule has 0 radical (unpaired) electrons. The smallest absolute Gasteiger partial charge is 0.183 e. The second-order valence-corrected chi connectivity index (χ2v) is 6.46. The molecule has 5 heteroatoms. The van der Waals surface area contributed by atoms with Gasteiger partial charge >= 0.3 is 0 Å². The zero-order valence-corrected chi connectivity index (χ0v) is 13.3. The largest absolute Gasteiger partial charge is 0.454 e. The number of thiazole rings is 1. The Balaban J connectivity index is 1.55. The summed E-state index contributed by atoms with van der Waals surface area (Å²) in [4.78, 5) is 4.66. The second-order valence-electron chi connectivity index (χ2n) is 5.61. The minimum absolute atomic E-state index is 0.320. The van der Waals surface area contributed by atoms with Crippen LogP contribution in [-0.4, -0.2) is 24.2 Å². The molecule has 1 aliphatic rings. The van der Waals surface area contributed by atoms with Crippen molar-refractivity contribution >= 4 is 27.4 Å². The number of hydrogen-bond donors (Lipinski definition) is 1. The van der Waals surface area contributed by atoms with Gasteiger partial charge in [0.25, 0.3) is 0 Å². The molecule has 0 bridgehead atoms. The topological polar surface area (TPSA) is 47.3 Å². The number of furan rings is 1. The molecule has 0 aliphatic carbocycles. The highest BCUT2D eigenvalue weighted by Crippen LogP contribution is 2.34. The summed E-state index contributed by atoms with van der Waals surface area (Å²) in [6, 6.07) is 8.10. The first-order valence-corrected chi connectivity index (χ1v) is 8.49. The normalized spacial score (nSPS) is 18.1. The lowest BCUT2D eigenvalue weighted by Gasteiger charge is -2.08. The number of anilines is 1. The lowest BCUT2D eigenvalue weighted by atomic mass is 10.1. The summed E-state index contributed by atoms with van der Waals surface area (Å²) >= 11 is 1.61. The lowest BCUT2D eigenvalue weighted by molar-refractivity contribution is 0.120. The predicted molar refractivity (Wildman–Crippen MR) is 89.5 cm³/mol. The molecule has 4 rings (SSSR count). The van der Waals surface area contributed by atoms with Crippen LogP contribution in [-0.2, 0) is 4.74 Å². The maximum atomic E-state index is 5.97. The summed E-state index contributed by atoms with van der Waals surface area (Å²) in [6.45, 7) is 3.79. The molecule has 114 valence electrons. The van der Waals surface area contributed by atoms with E-state index in [1.807, 2.05) is 23.6 Å². The predicted octanol–water partition coefficient (Wildman–Crippen LogP) is 4.46. The van der Waals surface area contributed by atoms with E-state index < -0.39 is 0 Å². The molecular weight excluding hydrogens is 296 g/mol. The number of nitrogens with zero attached hydrogens (tertiary/aromatic N) is 1. The third-order valence-electron chi connectivity index (χ3n) is 4.09. The Kier molecular flexibility index (Phi) is 3.60. The van der Waals surface area contributed by atoms with Crippen molar-refractivity contribution in [2.75, 3.05) is 18.5 Å². The Bertz CT molecular complexity index is 787. The number of hydrogen-bond acceptors (Lipinski definition) is 5. The monoisotopic (exact) mass is 314 g/mol. The molecular formula is C17H18N2O2S. The van der Waals surface area contributed by atoms with Crippen LogP contribution in [0.5, 0.6) is 0 Å². The molecule has 0 spiro atoms. The van der Waals surface area contributed by atoms with Gasteiger partial charge in [-0.3, -0.25) is 0 Å². The van der Waals surface area contributed by atoms with E-state index in [2.05, 4.69) is 23.3 Å². The molecule has 1 atom stereocenters. The van der Waals surface area contributed by atoms with Gasteiger partial charge in [0.1, 0.15) is 11.3 Å². The van der Waals surface area contributed by atoms with Crippen LogP contribution in [0, 0.1) is 6.92 Å². The van der Waals surface area contributed by atoms with Gasteiger partial charge in [-0.1, -0.05) is 18.2 Å². The van der Waals surface area contributed by atoms with Gasteiger partial charge in [0.05, 0.1) is 6.10 Å². The van der Waals surface area contributed by atoms with Gasteiger partial charge in [-0.25, -0.2) is 4.98 Å². The molecule has 3 aromatic rings. The first-order valence-electron chi connectivity index (χ1n) is 7.61. The van der Waals surface area contributed by atoms with Crippen LogP contribution < -0.4 is 5.32 Å². The van der Waals surface area contributed by atoms with Crippen molar-refractivity contribution < 1.29 is 9.15 Å². The van der Waals surface area contributed by atoms with Crippen molar-refractivity contribution in [2.24, 2.45) is 0 Å². The average Bonchev–Trinajstić information content (AvgIpc) is 3.25. The summed E-state index contributed by atoms with van der Waals surface area (Å²) < 4.78 is 11.6. The van der Waals surface area contributed by atoms with Crippen LogP contribution in [0.1, 0.15) is 18.4 Å². The summed E-state index contributed by atoms with van der Waals surface area (Å²) in [5, 5.41) is 7.49. The van der Waals surface area contributed by atoms with Crippen LogP contribution in [0.2, 0.25) is 0 Å². The number of fused-ring (bicyclic) bond motifs is 1. The Morgan fingerprint density at radius 2 is 2.27 bits per heavy atom. The molecule has 1 aromatic carbocycles. The number of para-hydroxylation sites is 1. The van der Waals surface area contributed by atoms with Crippen molar-refractivity contribution in [3.63, 3.8) is 0 Å². The van der Waals surface area contributed by atoms with Crippen LogP contribution in [0.15, 0.2) is 34.1 Å². The molecule has 1 saturated heterocycles. The maximum absolute atomic E-state index is 5.97. The first kappa shape index (κ1) is 13.8. The highest BCUT2D eigenvalue weighted by atomic mass is 32.1. The first-order chi connectivity index (χ1) is 10.8. The number of nitrogens with one attached hydrogen (secondary N) is 1. The summed E-state index contributed by atoms with van der Waals surface area (Å²) in [5.74, 6) is 0.864. The van der Waals surface area contributed by atoms with E-state index >= 15 is 0 Å². The van der Waals surface area contributed by atoms with Crippen molar-refractivity contribution in [3.8, 4) is 11.5 Å². The molecule has 1 unspecified atom stereocenters. The SMILES string of the molecule is Cc1c(-c2csc(NCC3CCCO3)n2)oc2ccccc12. The zero-order chi connectivity index (χ0) is 14.9. The van der Waals surface area contributed by atoms with Crippen LogP contribution >= 0.6 is 11.3 Å². The molecule has 1 fully saturated rings. The Labute approximate surface area is 133 Å². The van der Waals surface area contributed by atoms with E-state index in [9.17, 15) is 0 Å². The van der Waals surface area contributed by atoms with Crippen molar-refractivity contribution in [1.29, 1.82) is 0 Å². The van der Waals surface area contributed by atoms with Gasteiger partial charge in [0.15, 0.2) is 10.9 Å². The molecule has 1 aliphatic heterocycles. The van der Waals surface area contributed by atoms with Crippen molar-refractivity contribution in [1.82, 2.24) is 4.98 Å². The van der Waals surface area contributed by atoms with Gasteiger partial charge in [0, 0.05) is 29.5 Å². The summed E-state index contributed by atoms with van der Waals surface area (Å²) in [5.41, 5.74) is 2.96. The lowest BCUT2D eigenvalue weighted by Crippen LogP contribution is -2.18. The number of aryl methyl sites for hydroxylation is 1. The van der Waals surface area contributed by atoms with E-state index in [1.54, 1.807) is 11.3 Å². The van der Waals surface area contributed by atoms with Gasteiger partial charge in [0.2, 0.25) is 0 Å². The van der Waals surface area contributed by atoms with Gasteiger partial charge in [-0.05, 0) is 25.8 Å². The molecule has 3 heterocycles. The van der Waals surface area contributed by atoms with Crippen molar-refractivity contribution in [3.05, 3.63) is 35.2 Å². The van der Waals surface area contributed by atoms with Crippen LogP contribution in [0.3, 0.4) is 0 Å². The van der Waals surface area contributed by atoms with E-state index in [0.29, 0.717) is 6.10 Å². The Morgan fingerprint density at radius 1 is 1.36 bits per heavy atom. The fourth-order valence-corrected chi connectivity index (χ4v) is 3.59. The Morgan fingerprint density at radius 3 is 3.09 bits per heavy atom. The van der Waals surface area contributed by atoms with E-state index in [1.165, 1.54) is 0 Å². The molecule has 4 nitrogen and oxygen atoms in total. The number of benzene rings is 1. The molecule has 22 heavy (non-hydrogen) atoms. The van der Waals surface area contributed by atoms with Crippen LogP contribution in [0.25, 0.3) is 22.4 Å². The van der Waals surface area contributed by atoms with Gasteiger partial charge in [-0.2, -0.15) is 0 Å². The van der Waals surface area contributed by atoms with E-state index in [4.69, 9.17) is 9.15 Å². The molecule has 0 saturated carbocycles. The second kappa shape index (κ2) is 5.74. The average molecular weight is 314 g/mol. The molecule has 1 N–H and O–H groups in total. The standard InChI is InChI=1S/C17H18N2O2S/c1-11-13-6-2-3-7-15(13)21-16(11)14-10-22-17(19-14)18-9-12-5-4-8-20-12/h2-3,6-7,10,12H,4-5,8-9H2,1H3,(H,18,19). The summed E-state index contributed by atoms with van der Waals surface area (Å²) in [7, 11) is 0. The quantitative estimate of drug-likeness (QED) is 0.772. The summed E-state index contributed by atoms with van der Waals surface area (Å²) in [6.07, 6.45) is 2.61. The molecule has 0 amide bonds. The highest BCUT2D eigenvalue weighted by molar-refractivity contribution is 7.14. The molecule has 2 aromatic heterocycles. The third-order valence-corrected chi connectivity index (χ3v) is 4.89. The van der Waals surface area contributed by atoms with Gasteiger partial charge in [-0.15, -0.1) is 11.3 Å². The van der Waals surface area contributed by atoms with Gasteiger partial charge < -0.3 is 14.5 Å². The van der Waals surface area contributed by atoms with Crippen molar-refractivity contribution in [2.45, 2.75) is 25.9 Å². The van der Waals surface area contributed by atoms with E-state index in [0.717, 1.165) is 59.1 Å². The Hall–Kier alpha value is -1.85. The van der Waals surface area contributed by atoms with Crippen LogP contribution in [0.4, 0.5) is 5.13 Å². The number of ether oxygens (including phenoxy) is 1. The zero-order valence-electron chi connectivity index (χ0n) is 12.5. The number of aromatic nitrogens is 1. The fourth-order valence-electron chi connectivity index (χ4n) is 2.88. The third kappa shape index (κ3) is 2.51. The highest BCUT2D eigenvalue weighted by Gasteiger charge is 2.17. The minimum atomic E-state index is 0.320. The minimum Gasteiger partial charge on any atom is -0.454 e. The maximum Gasteiger partial charge on any atom is 0.183 e. The van der Waals surface area contributed by atoms with E-state index in [-0.39, 0.29) is 0 Å². The fraction of sp³-hybridized carbons (Fsp3) is 0.353. The number of rotatable bonds is 4.